The fraction of sp³-hybridized carbons (Fsp3) is 0.733. The Morgan fingerprint density at radius 3 is 2.35 bits per heavy atom. The van der Waals surface area contributed by atoms with Crippen LogP contribution >= 0.6 is 0 Å². The van der Waals surface area contributed by atoms with Crippen LogP contribution in [0.1, 0.15) is 40.0 Å². The third-order valence-electron chi connectivity index (χ3n) is 3.88. The van der Waals surface area contributed by atoms with Gasteiger partial charge in [0.15, 0.2) is 0 Å². The monoisotopic (exact) mass is 281 g/mol. The molecular weight excluding hydrogens is 258 g/mol. The third kappa shape index (κ3) is 2.97. The molecule has 1 aliphatic heterocycles. The van der Waals surface area contributed by atoms with Gasteiger partial charge >= 0.3 is 12.1 Å². The number of ether oxygens (including phenoxy) is 2. The molecule has 1 amide bonds. The predicted octanol–water partition coefficient (Wildman–Crippen LogP) is 2.51. The SMILES string of the molecule is COC(=O)[C@@H]1CC2(CC=CC2)CN1C(=O)OC(C)(C)C. The lowest BCUT2D eigenvalue weighted by atomic mass is 9.83. The van der Waals surface area contributed by atoms with Crippen LogP contribution in [0.15, 0.2) is 12.2 Å². The van der Waals surface area contributed by atoms with Crippen molar-refractivity contribution in [2.75, 3.05) is 13.7 Å². The minimum Gasteiger partial charge on any atom is -0.467 e. The zero-order valence-corrected chi connectivity index (χ0v) is 12.6. The molecule has 1 fully saturated rings. The summed E-state index contributed by atoms with van der Waals surface area (Å²) in [5.41, 5.74) is -0.586. The van der Waals surface area contributed by atoms with E-state index in [4.69, 9.17) is 9.47 Å². The standard InChI is InChI=1S/C15H23NO4/c1-14(2,3)20-13(18)16-10-15(7-5-6-8-15)9-11(16)12(17)19-4/h5-6,11H,7-10H2,1-4H3/t11-/m0/s1. The van der Waals surface area contributed by atoms with Gasteiger partial charge in [0.05, 0.1) is 7.11 Å². The molecule has 0 bridgehead atoms. The summed E-state index contributed by atoms with van der Waals surface area (Å²) in [4.78, 5) is 25.8. The molecule has 0 radical (unpaired) electrons. The van der Waals surface area contributed by atoms with Gasteiger partial charge in [0.1, 0.15) is 11.6 Å². The van der Waals surface area contributed by atoms with E-state index in [1.807, 2.05) is 20.8 Å². The first kappa shape index (κ1) is 14.9. The van der Waals surface area contributed by atoms with E-state index < -0.39 is 17.7 Å². The number of allylic oxidation sites excluding steroid dienone is 2. The van der Waals surface area contributed by atoms with Gasteiger partial charge in [0.2, 0.25) is 0 Å². The molecule has 2 rings (SSSR count). The third-order valence-corrected chi connectivity index (χ3v) is 3.88. The summed E-state index contributed by atoms with van der Waals surface area (Å²) in [6, 6.07) is -0.533. The highest BCUT2D eigenvalue weighted by Crippen LogP contribution is 2.45. The molecule has 0 aromatic carbocycles. The average Bonchev–Trinajstić information content (AvgIpc) is 2.94. The topological polar surface area (TPSA) is 55.8 Å². The zero-order valence-electron chi connectivity index (χ0n) is 12.6. The van der Waals surface area contributed by atoms with Gasteiger partial charge in [-0.3, -0.25) is 4.90 Å². The highest BCUT2D eigenvalue weighted by atomic mass is 16.6. The molecule has 0 aromatic rings. The first-order valence-electron chi connectivity index (χ1n) is 6.99. The van der Waals surface area contributed by atoms with Crippen LogP contribution in [-0.4, -0.2) is 42.3 Å². The molecule has 1 spiro atoms. The fourth-order valence-corrected chi connectivity index (χ4v) is 2.96. The summed E-state index contributed by atoms with van der Waals surface area (Å²) in [6.45, 7) is 6.01. The van der Waals surface area contributed by atoms with E-state index in [1.54, 1.807) is 0 Å². The number of nitrogens with zero attached hydrogens (tertiary/aromatic N) is 1. The van der Waals surface area contributed by atoms with Crippen molar-refractivity contribution in [3.8, 4) is 0 Å². The van der Waals surface area contributed by atoms with Crippen molar-refractivity contribution in [1.82, 2.24) is 4.90 Å². The Bertz CT molecular complexity index is 428. The quantitative estimate of drug-likeness (QED) is 0.547. The van der Waals surface area contributed by atoms with Gasteiger partial charge in [-0.05, 0) is 45.4 Å². The number of amides is 1. The number of rotatable bonds is 1. The minimum absolute atomic E-state index is 0.0181. The molecule has 1 atom stereocenters. The minimum atomic E-state index is -0.568. The van der Waals surface area contributed by atoms with Gasteiger partial charge in [-0.1, -0.05) is 12.2 Å². The Morgan fingerprint density at radius 2 is 1.85 bits per heavy atom. The number of carbonyl (C=O) groups is 2. The summed E-state index contributed by atoms with van der Waals surface area (Å²) < 4.78 is 10.2. The Labute approximate surface area is 119 Å². The second-order valence-electron chi connectivity index (χ2n) is 6.73. The van der Waals surface area contributed by atoms with Gasteiger partial charge in [0, 0.05) is 6.54 Å². The van der Waals surface area contributed by atoms with Crippen LogP contribution in [0.5, 0.6) is 0 Å². The molecule has 5 nitrogen and oxygen atoms in total. The van der Waals surface area contributed by atoms with Crippen LogP contribution in [0, 0.1) is 5.41 Å². The fourth-order valence-electron chi connectivity index (χ4n) is 2.96. The molecule has 20 heavy (non-hydrogen) atoms. The van der Waals surface area contributed by atoms with Crippen molar-refractivity contribution in [3.05, 3.63) is 12.2 Å². The summed E-state index contributed by atoms with van der Waals surface area (Å²) >= 11 is 0. The second kappa shape index (κ2) is 5.11. The Balaban J connectivity index is 2.15. The number of hydrogen-bond donors (Lipinski definition) is 0. The number of methoxy groups -OCH3 is 1. The number of esters is 1. The molecule has 0 saturated carbocycles. The molecule has 1 saturated heterocycles. The Hall–Kier alpha value is -1.52. The normalized spacial score (nSPS) is 24.2. The molecule has 0 unspecified atom stereocenters. The number of likely N-dealkylation sites (tertiary alicyclic amines) is 1. The van der Waals surface area contributed by atoms with E-state index in [-0.39, 0.29) is 11.4 Å². The van der Waals surface area contributed by atoms with Crippen LogP contribution in [0.4, 0.5) is 4.79 Å². The zero-order chi connectivity index (χ0) is 15.0. The maximum Gasteiger partial charge on any atom is 0.411 e. The number of hydrogen-bond acceptors (Lipinski definition) is 4. The van der Waals surface area contributed by atoms with E-state index in [2.05, 4.69) is 12.2 Å². The van der Waals surface area contributed by atoms with Crippen molar-refractivity contribution in [2.24, 2.45) is 5.41 Å². The van der Waals surface area contributed by atoms with Crippen molar-refractivity contribution in [2.45, 2.75) is 51.7 Å². The lowest BCUT2D eigenvalue weighted by Crippen LogP contribution is -2.44. The smallest absolute Gasteiger partial charge is 0.411 e. The van der Waals surface area contributed by atoms with E-state index in [0.29, 0.717) is 13.0 Å². The van der Waals surface area contributed by atoms with Crippen molar-refractivity contribution in [3.63, 3.8) is 0 Å². The van der Waals surface area contributed by atoms with Gasteiger partial charge in [-0.25, -0.2) is 9.59 Å². The molecule has 2 aliphatic rings. The first-order chi connectivity index (χ1) is 9.26. The van der Waals surface area contributed by atoms with E-state index in [9.17, 15) is 9.59 Å². The summed E-state index contributed by atoms with van der Waals surface area (Å²) in [7, 11) is 1.35. The van der Waals surface area contributed by atoms with E-state index >= 15 is 0 Å². The van der Waals surface area contributed by atoms with Crippen LogP contribution in [0.3, 0.4) is 0 Å². The molecule has 112 valence electrons. The van der Waals surface area contributed by atoms with Crippen LogP contribution < -0.4 is 0 Å². The van der Waals surface area contributed by atoms with Crippen LogP contribution in [-0.2, 0) is 14.3 Å². The van der Waals surface area contributed by atoms with Crippen molar-refractivity contribution < 1.29 is 19.1 Å². The summed E-state index contributed by atoms with van der Waals surface area (Å²) in [5.74, 6) is -0.361. The molecule has 0 aromatic heterocycles. The lowest BCUT2D eigenvalue weighted by molar-refractivity contribution is -0.145. The van der Waals surface area contributed by atoms with Crippen LogP contribution in [0.25, 0.3) is 0 Å². The summed E-state index contributed by atoms with van der Waals surface area (Å²) in [5, 5.41) is 0. The first-order valence-corrected chi connectivity index (χ1v) is 6.99. The van der Waals surface area contributed by atoms with Crippen LogP contribution in [0.2, 0.25) is 0 Å². The van der Waals surface area contributed by atoms with Gasteiger partial charge in [-0.2, -0.15) is 0 Å². The average molecular weight is 281 g/mol. The maximum absolute atomic E-state index is 12.3. The number of carbonyl (C=O) groups excluding carboxylic acids is 2. The van der Waals surface area contributed by atoms with Gasteiger partial charge in [0.25, 0.3) is 0 Å². The van der Waals surface area contributed by atoms with Crippen molar-refractivity contribution in [1.29, 1.82) is 0 Å². The van der Waals surface area contributed by atoms with Gasteiger partial charge < -0.3 is 9.47 Å². The molecular formula is C15H23NO4. The lowest BCUT2D eigenvalue weighted by Gasteiger charge is -2.28. The van der Waals surface area contributed by atoms with Crippen molar-refractivity contribution >= 4 is 12.1 Å². The Kier molecular flexibility index (Phi) is 3.80. The maximum atomic E-state index is 12.3. The molecule has 1 aliphatic carbocycles. The highest BCUT2D eigenvalue weighted by Gasteiger charge is 2.50. The van der Waals surface area contributed by atoms with E-state index in [0.717, 1.165) is 12.8 Å². The van der Waals surface area contributed by atoms with E-state index in [1.165, 1.54) is 12.0 Å². The molecule has 5 heteroatoms. The largest absolute Gasteiger partial charge is 0.467 e. The molecule has 0 N–H and O–H groups in total. The molecule has 1 heterocycles. The second-order valence-corrected chi connectivity index (χ2v) is 6.73. The summed E-state index contributed by atoms with van der Waals surface area (Å²) in [6.07, 6.45) is 6.25. The predicted molar refractivity (Wildman–Crippen MR) is 74.2 cm³/mol. The highest BCUT2D eigenvalue weighted by molar-refractivity contribution is 5.82. The Morgan fingerprint density at radius 1 is 1.25 bits per heavy atom. The van der Waals surface area contributed by atoms with Gasteiger partial charge in [-0.15, -0.1) is 0 Å².